The van der Waals surface area contributed by atoms with Gasteiger partial charge in [0.2, 0.25) is 0 Å². The Morgan fingerprint density at radius 1 is 0.344 bits per heavy atom. The molecule has 0 saturated heterocycles. The number of carbonyl (C=O) groups excluding carboxylic acids is 3. The third kappa shape index (κ3) is 47.2. The Morgan fingerprint density at radius 3 is 1.02 bits per heavy atom. The topological polar surface area (TPSA) is 78.9 Å². The van der Waals surface area contributed by atoms with Gasteiger partial charge in [0.15, 0.2) is 6.10 Å². The minimum absolute atomic E-state index is 0.102. The van der Waals surface area contributed by atoms with Crippen molar-refractivity contribution in [1.82, 2.24) is 0 Å². The van der Waals surface area contributed by atoms with Crippen molar-refractivity contribution < 1.29 is 28.6 Å². The predicted molar refractivity (Wildman–Crippen MR) is 260 cm³/mol. The first kappa shape index (κ1) is 57.3. The number of ether oxygens (including phenoxy) is 3. The van der Waals surface area contributed by atoms with Gasteiger partial charge in [-0.25, -0.2) is 0 Å². The average Bonchev–Trinajstić information content (AvgIpc) is 3.26. The molecule has 0 aromatic heterocycles. The van der Waals surface area contributed by atoms with E-state index in [9.17, 15) is 14.4 Å². The SMILES string of the molecule is CC/C=C/C=C/C=C/C=C/CCCCCCCC(=O)OCC(COC(=O)CCCCC/C=C/C=C/C=C/C=C/CC)OC(=O)CCCCCCCCCCCCCCCCC. The average molecular weight is 847 g/mol. The fourth-order valence-corrected chi connectivity index (χ4v) is 6.58. The van der Waals surface area contributed by atoms with Crippen LogP contribution in [0.3, 0.4) is 0 Å². The first-order valence-electron chi connectivity index (χ1n) is 24.8. The predicted octanol–water partition coefficient (Wildman–Crippen LogP) is 16.2. The molecule has 6 heteroatoms. The number of hydrogen-bond donors (Lipinski definition) is 0. The number of hydrogen-bond acceptors (Lipinski definition) is 6. The van der Waals surface area contributed by atoms with Gasteiger partial charge < -0.3 is 14.2 Å². The summed E-state index contributed by atoms with van der Waals surface area (Å²) in [6.07, 6.45) is 63.9. The van der Waals surface area contributed by atoms with Crippen molar-refractivity contribution >= 4 is 17.9 Å². The van der Waals surface area contributed by atoms with E-state index in [2.05, 4.69) is 57.2 Å². The monoisotopic (exact) mass is 847 g/mol. The lowest BCUT2D eigenvalue weighted by molar-refractivity contribution is -0.167. The minimum atomic E-state index is -0.802. The van der Waals surface area contributed by atoms with Gasteiger partial charge in [-0.2, -0.15) is 0 Å². The molecule has 1 atom stereocenters. The number of rotatable bonds is 43. The van der Waals surface area contributed by atoms with Crippen molar-refractivity contribution in [2.75, 3.05) is 13.2 Å². The highest BCUT2D eigenvalue weighted by Crippen LogP contribution is 2.15. The van der Waals surface area contributed by atoms with Crippen molar-refractivity contribution in [1.29, 1.82) is 0 Å². The van der Waals surface area contributed by atoms with Crippen LogP contribution in [-0.2, 0) is 28.6 Å². The molecule has 0 saturated carbocycles. The van der Waals surface area contributed by atoms with Crippen molar-refractivity contribution in [2.24, 2.45) is 0 Å². The van der Waals surface area contributed by atoms with Crippen LogP contribution in [-0.4, -0.2) is 37.2 Å². The van der Waals surface area contributed by atoms with E-state index in [1.165, 1.54) is 77.0 Å². The summed E-state index contributed by atoms with van der Waals surface area (Å²) in [4.78, 5) is 37.9. The number of esters is 3. The summed E-state index contributed by atoms with van der Waals surface area (Å²) < 4.78 is 16.7. The standard InChI is InChI=1S/C55H90O6/c1-4-7-10-13-16-19-22-25-27-30-33-36-39-42-45-48-54(57)60-51-52(50-59-53(56)47-44-41-38-35-32-29-24-21-18-15-12-9-6-3)61-55(58)49-46-43-40-37-34-31-28-26-23-20-17-14-11-8-5-2/h7,9-10,12-13,15-16,18-19,21-22,24-25,27,29,32,52H,4-6,8,11,14,17,20,23,26,28,30-31,33-51H2,1-3H3/b10-7+,12-9+,16-13+,18-15+,22-19+,24-21+,27-25+,32-29+. The van der Waals surface area contributed by atoms with Crippen LogP contribution in [0.4, 0.5) is 0 Å². The van der Waals surface area contributed by atoms with Crippen molar-refractivity contribution in [3.8, 4) is 0 Å². The molecule has 0 amide bonds. The number of allylic oxidation sites excluding steroid dienone is 16. The molecule has 61 heavy (non-hydrogen) atoms. The zero-order chi connectivity index (χ0) is 44.4. The van der Waals surface area contributed by atoms with Crippen LogP contribution >= 0.6 is 0 Å². The van der Waals surface area contributed by atoms with Gasteiger partial charge in [0.1, 0.15) is 13.2 Å². The molecule has 0 rings (SSSR count). The summed E-state index contributed by atoms with van der Waals surface area (Å²) in [7, 11) is 0. The highest BCUT2D eigenvalue weighted by atomic mass is 16.6. The molecule has 1 unspecified atom stereocenters. The second kappa shape index (κ2) is 49.0. The van der Waals surface area contributed by atoms with Gasteiger partial charge >= 0.3 is 17.9 Å². The lowest BCUT2D eigenvalue weighted by Crippen LogP contribution is -2.30. The highest BCUT2D eigenvalue weighted by Gasteiger charge is 2.19. The zero-order valence-corrected chi connectivity index (χ0v) is 39.4. The van der Waals surface area contributed by atoms with Crippen LogP contribution in [0.15, 0.2) is 97.2 Å². The van der Waals surface area contributed by atoms with Crippen LogP contribution in [0, 0.1) is 0 Å². The third-order valence-corrected chi connectivity index (χ3v) is 10.3. The lowest BCUT2D eigenvalue weighted by atomic mass is 10.0. The molecular weight excluding hydrogens is 757 g/mol. The van der Waals surface area contributed by atoms with Gasteiger partial charge in [0.25, 0.3) is 0 Å². The number of carbonyl (C=O) groups is 3. The summed E-state index contributed by atoms with van der Waals surface area (Å²) in [5.74, 6) is -0.966. The van der Waals surface area contributed by atoms with Crippen LogP contribution < -0.4 is 0 Å². The molecule has 0 fully saturated rings. The van der Waals surface area contributed by atoms with Crippen molar-refractivity contribution in [3.05, 3.63) is 97.2 Å². The van der Waals surface area contributed by atoms with Crippen LogP contribution in [0.1, 0.15) is 213 Å². The Kier molecular flexibility index (Phi) is 46.0. The van der Waals surface area contributed by atoms with Crippen LogP contribution in [0.25, 0.3) is 0 Å². The summed E-state index contributed by atoms with van der Waals surface area (Å²) in [6.45, 7) is 6.30. The van der Waals surface area contributed by atoms with E-state index in [4.69, 9.17) is 14.2 Å². The molecule has 0 aliphatic rings. The Balaban J connectivity index is 4.48. The maximum atomic E-state index is 12.8. The number of unbranched alkanes of at least 4 members (excludes halogenated alkanes) is 22. The largest absolute Gasteiger partial charge is 0.462 e. The van der Waals surface area contributed by atoms with Crippen LogP contribution in [0.5, 0.6) is 0 Å². The van der Waals surface area contributed by atoms with Crippen LogP contribution in [0.2, 0.25) is 0 Å². The molecule has 0 heterocycles. The zero-order valence-electron chi connectivity index (χ0n) is 39.4. The second-order valence-corrected chi connectivity index (χ2v) is 16.2. The Bertz CT molecular complexity index is 1250. The van der Waals surface area contributed by atoms with E-state index in [0.29, 0.717) is 19.3 Å². The van der Waals surface area contributed by atoms with E-state index < -0.39 is 6.10 Å². The summed E-state index contributed by atoms with van der Waals surface area (Å²) >= 11 is 0. The first-order valence-corrected chi connectivity index (χ1v) is 24.8. The molecule has 0 spiro atoms. The van der Waals surface area contributed by atoms with Gasteiger partial charge in [-0.1, -0.05) is 234 Å². The molecule has 0 aliphatic heterocycles. The van der Waals surface area contributed by atoms with Gasteiger partial charge in [0.05, 0.1) is 0 Å². The highest BCUT2D eigenvalue weighted by molar-refractivity contribution is 5.71. The minimum Gasteiger partial charge on any atom is -0.462 e. The van der Waals surface area contributed by atoms with E-state index in [0.717, 1.165) is 96.3 Å². The molecule has 0 radical (unpaired) electrons. The summed E-state index contributed by atoms with van der Waals surface area (Å²) in [5, 5.41) is 0. The van der Waals surface area contributed by atoms with E-state index in [-0.39, 0.29) is 31.1 Å². The van der Waals surface area contributed by atoms with Gasteiger partial charge in [-0.15, -0.1) is 0 Å². The lowest BCUT2D eigenvalue weighted by Gasteiger charge is -2.18. The van der Waals surface area contributed by atoms with Gasteiger partial charge in [-0.05, 0) is 57.8 Å². The fraction of sp³-hybridized carbons (Fsp3) is 0.655. The molecule has 0 aromatic rings. The second-order valence-electron chi connectivity index (χ2n) is 16.2. The Morgan fingerprint density at radius 2 is 0.639 bits per heavy atom. The maximum Gasteiger partial charge on any atom is 0.306 e. The molecular formula is C55H90O6. The smallest absolute Gasteiger partial charge is 0.306 e. The summed E-state index contributed by atoms with van der Waals surface area (Å²) in [6, 6.07) is 0. The Labute approximate surface area is 375 Å². The van der Waals surface area contributed by atoms with Crippen molar-refractivity contribution in [2.45, 2.75) is 219 Å². The van der Waals surface area contributed by atoms with Crippen molar-refractivity contribution in [3.63, 3.8) is 0 Å². The van der Waals surface area contributed by atoms with Gasteiger partial charge in [0, 0.05) is 19.3 Å². The quantitative estimate of drug-likeness (QED) is 0.0263. The Hall–Kier alpha value is -3.67. The fourth-order valence-electron chi connectivity index (χ4n) is 6.58. The van der Waals surface area contributed by atoms with E-state index in [1.54, 1.807) is 0 Å². The summed E-state index contributed by atoms with van der Waals surface area (Å²) in [5.41, 5.74) is 0. The first-order chi connectivity index (χ1) is 30.0. The molecule has 0 N–H and O–H groups in total. The third-order valence-electron chi connectivity index (χ3n) is 10.3. The maximum absolute atomic E-state index is 12.8. The molecule has 346 valence electrons. The van der Waals surface area contributed by atoms with Gasteiger partial charge in [-0.3, -0.25) is 14.4 Å². The molecule has 0 bridgehead atoms. The molecule has 6 nitrogen and oxygen atoms in total. The molecule has 0 aliphatic carbocycles. The normalized spacial score (nSPS) is 12.9. The van der Waals surface area contributed by atoms with E-state index in [1.807, 2.05) is 60.8 Å². The molecule has 0 aromatic carbocycles. The van der Waals surface area contributed by atoms with E-state index >= 15 is 0 Å².